The lowest BCUT2D eigenvalue weighted by Gasteiger charge is -2.38. The number of anilines is 8. The maximum atomic E-state index is 13.8. The molecule has 7 aromatic rings. The third-order valence-corrected chi connectivity index (χ3v) is 20.5. The first kappa shape index (κ1) is 92.5. The van der Waals surface area contributed by atoms with E-state index in [1.807, 2.05) is 0 Å². The van der Waals surface area contributed by atoms with Crippen molar-refractivity contribution in [3.05, 3.63) is 157 Å². The molecule has 0 aromatic carbocycles. The van der Waals surface area contributed by atoms with E-state index in [9.17, 15) is 87.9 Å². The van der Waals surface area contributed by atoms with Crippen molar-refractivity contribution in [3.63, 3.8) is 0 Å². The number of primary amides is 1. The van der Waals surface area contributed by atoms with Gasteiger partial charge in [0.2, 0.25) is 23.7 Å². The minimum atomic E-state index is -2.83. The fourth-order valence-electron chi connectivity index (χ4n) is 13.8. The lowest BCUT2D eigenvalue weighted by Crippen LogP contribution is -2.51. The van der Waals surface area contributed by atoms with Crippen molar-refractivity contribution in [2.24, 2.45) is 5.73 Å². The molecule has 0 unspecified atom stereocenters. The largest absolute Gasteiger partial charge is 0.444 e. The van der Waals surface area contributed by atoms with Gasteiger partial charge in [-0.3, -0.25) is 67.5 Å². The van der Waals surface area contributed by atoms with E-state index in [0.29, 0.717) is 42.8 Å². The first-order chi connectivity index (χ1) is 54.2. The van der Waals surface area contributed by atoms with Gasteiger partial charge in [0, 0.05) is 82.4 Å². The van der Waals surface area contributed by atoms with Gasteiger partial charge in [-0.1, -0.05) is 0 Å². The van der Waals surface area contributed by atoms with Crippen molar-refractivity contribution in [1.29, 1.82) is 0 Å². The van der Waals surface area contributed by atoms with Crippen LogP contribution in [0, 0.1) is 27.7 Å². The van der Waals surface area contributed by atoms with Crippen LogP contribution in [0.2, 0.25) is 0 Å². The summed E-state index contributed by atoms with van der Waals surface area (Å²) in [5.74, 6) is -11.3. The van der Waals surface area contributed by atoms with E-state index in [1.54, 1.807) is 87.4 Å². The van der Waals surface area contributed by atoms with Gasteiger partial charge in [-0.15, -0.1) is 12.4 Å². The van der Waals surface area contributed by atoms with E-state index in [1.165, 1.54) is 56.9 Å². The zero-order valence-electron chi connectivity index (χ0n) is 65.3. The second-order valence-corrected chi connectivity index (χ2v) is 32.6. The number of carbonyl (C=O) groups is 7. The monoisotopic (exact) mass is 1810 g/mol. The van der Waals surface area contributed by atoms with Crippen LogP contribution >= 0.6 is 44.3 Å². The number of nitrogens with two attached hydrogens (primary N) is 3. The summed E-state index contributed by atoms with van der Waals surface area (Å²) in [6, 6.07) is 10.5. The SMILES string of the molecule is CC(C)(C)OC(=O)Nc1cc(N)ncn1.Cc1cc(Br)c(=O)[nH]c1C(N)=O.Cc1cc(Br)c(=O)n2c1C(=O)NC21CCC(F)(F)CC1.Cc1cc(Nc2cc(N)ncn2)c(=O)n2c1C(=O)NC21CCC(F)(F)CC1.Cc1cc(Nc2cc(NC(=O)OC(C)(C)C)ncn2)c(=O)n2c1C(=O)NC21CCC(F)(F)CC1.Cl.O=C1CCC(F)(F)CC1. The minimum absolute atomic E-state index is 0. The zero-order valence-corrected chi connectivity index (χ0v) is 69.3. The van der Waals surface area contributed by atoms with Gasteiger partial charge < -0.3 is 58.2 Å². The number of Topliss-reactive ketones (excluding diaryl/α,β-unsaturated/α-hetero) is 1. The van der Waals surface area contributed by atoms with Crippen LogP contribution in [0.25, 0.3) is 0 Å². The van der Waals surface area contributed by atoms with E-state index < -0.39 is 119 Å². The Kier molecular flexibility index (Phi) is 28.0. The molecular weight excluding hydrogens is 1720 g/mol. The molecule has 14 N–H and O–H groups in total. The number of fused-ring (bicyclic) bond motifs is 6. The van der Waals surface area contributed by atoms with Crippen LogP contribution in [0.4, 0.5) is 91.0 Å². The summed E-state index contributed by atoms with van der Waals surface area (Å²) in [6.45, 7) is 17.3. The number of ketones is 1. The molecule has 3 aliphatic heterocycles. The number of ether oxygens (including phenoxy) is 2. The Morgan fingerprint density at radius 1 is 0.441 bits per heavy atom. The Morgan fingerprint density at radius 2 is 0.754 bits per heavy atom. The fourth-order valence-corrected chi connectivity index (χ4v) is 14.7. The summed E-state index contributed by atoms with van der Waals surface area (Å²) in [4.78, 5) is 157. The molecule has 638 valence electrons. The molecule has 10 heterocycles. The molecule has 6 amide bonds. The summed E-state index contributed by atoms with van der Waals surface area (Å²) in [5.41, 5.74) is 13.3. The number of carbonyl (C=O) groups excluding carboxylic acids is 7. The molecule has 0 atom stereocenters. The van der Waals surface area contributed by atoms with Crippen LogP contribution in [0.5, 0.6) is 0 Å². The number of nitrogens with one attached hydrogen (secondary N) is 8. The van der Waals surface area contributed by atoms with Gasteiger partial charge in [-0.2, -0.15) is 0 Å². The van der Waals surface area contributed by atoms with Crippen LogP contribution < -0.4 is 76.7 Å². The number of halogens is 11. The molecule has 4 fully saturated rings. The molecule has 7 aliphatic rings. The van der Waals surface area contributed by atoms with Crippen LogP contribution in [-0.4, -0.2) is 125 Å². The number of aryl methyl sites for hydroxylation is 4. The Bertz CT molecular complexity index is 5290. The van der Waals surface area contributed by atoms with Gasteiger partial charge in [0.1, 0.15) is 122 Å². The van der Waals surface area contributed by atoms with E-state index in [0.717, 1.165) is 0 Å². The Hall–Kier alpha value is -11.0. The van der Waals surface area contributed by atoms with E-state index in [2.05, 4.69) is 104 Å². The smallest absolute Gasteiger partial charge is 0.413 e. The maximum absolute atomic E-state index is 13.8. The molecule has 0 saturated heterocycles. The van der Waals surface area contributed by atoms with Crippen molar-refractivity contribution < 1.29 is 78.2 Å². The predicted molar refractivity (Wildman–Crippen MR) is 425 cm³/mol. The second-order valence-electron chi connectivity index (χ2n) is 30.9. The number of rotatable bonds is 7. The highest BCUT2D eigenvalue weighted by Gasteiger charge is 2.54. The summed E-state index contributed by atoms with van der Waals surface area (Å²) < 4.78 is 121. The Balaban J connectivity index is 0.000000186. The average molecular weight is 1810 g/mol. The van der Waals surface area contributed by atoms with Gasteiger partial charge in [-0.25, -0.2) is 74.6 Å². The molecule has 44 heteroatoms. The number of nitrogens with zero attached hydrogens (tertiary/aromatic N) is 9. The van der Waals surface area contributed by atoms with E-state index in [4.69, 9.17) is 26.7 Å². The third kappa shape index (κ3) is 22.6. The summed E-state index contributed by atoms with van der Waals surface area (Å²) in [7, 11) is 0. The first-order valence-corrected chi connectivity index (χ1v) is 38.0. The van der Waals surface area contributed by atoms with Crippen molar-refractivity contribution >= 4 is 132 Å². The Labute approximate surface area is 690 Å². The average Bonchev–Trinajstić information content (AvgIpc) is 1.58. The fraction of sp³-hybridized carbons (Fsp3) is 0.473. The van der Waals surface area contributed by atoms with Crippen LogP contribution in [-0.2, 0) is 31.3 Å². The number of amides is 6. The van der Waals surface area contributed by atoms with Gasteiger partial charge >= 0.3 is 12.2 Å². The summed E-state index contributed by atoms with van der Waals surface area (Å²) >= 11 is 6.20. The highest BCUT2D eigenvalue weighted by molar-refractivity contribution is 9.10. The molecule has 0 radical (unpaired) electrons. The quantitative estimate of drug-likeness (QED) is 0.0660. The van der Waals surface area contributed by atoms with Crippen molar-refractivity contribution in [3.8, 4) is 0 Å². The van der Waals surface area contributed by atoms with Crippen LogP contribution in [0.15, 0.2) is 89.6 Å². The third-order valence-electron chi connectivity index (χ3n) is 19.3. The molecule has 4 aliphatic carbocycles. The van der Waals surface area contributed by atoms with E-state index in [-0.39, 0.29) is 170 Å². The number of hydrogen-bond acceptors (Lipinski definition) is 23. The number of nitrogen functional groups attached to an aromatic ring is 2. The van der Waals surface area contributed by atoms with Gasteiger partial charge in [0.25, 0.3) is 45.9 Å². The molecule has 14 rings (SSSR count). The lowest BCUT2D eigenvalue weighted by atomic mass is 9.86. The number of hydrogen-bond donors (Lipinski definition) is 11. The molecule has 0 bridgehead atoms. The Morgan fingerprint density at radius 3 is 1.11 bits per heavy atom. The summed E-state index contributed by atoms with van der Waals surface area (Å²) in [5, 5.41) is 19.0. The van der Waals surface area contributed by atoms with Gasteiger partial charge in [0.15, 0.2) is 0 Å². The van der Waals surface area contributed by atoms with Crippen molar-refractivity contribution in [1.82, 2.24) is 64.5 Å². The molecular formula is C74H87Br2ClF8N20O13. The molecule has 7 aromatic heterocycles. The van der Waals surface area contributed by atoms with Crippen molar-refractivity contribution in [2.45, 2.75) is 224 Å². The highest BCUT2D eigenvalue weighted by atomic mass is 79.9. The molecule has 4 saturated carbocycles. The zero-order chi connectivity index (χ0) is 86.7. The predicted octanol–water partition coefficient (Wildman–Crippen LogP) is 12.2. The molecule has 118 heavy (non-hydrogen) atoms. The number of pyridine rings is 4. The van der Waals surface area contributed by atoms with Crippen LogP contribution in [0.1, 0.15) is 208 Å². The van der Waals surface area contributed by atoms with Crippen molar-refractivity contribution in [2.75, 3.05) is 32.7 Å². The van der Waals surface area contributed by atoms with Crippen LogP contribution in [0.3, 0.4) is 0 Å². The molecule has 3 spiro atoms. The number of aromatic amines is 1. The van der Waals surface area contributed by atoms with Gasteiger partial charge in [0.05, 0.1) is 8.95 Å². The highest BCUT2D eigenvalue weighted by Crippen LogP contribution is 2.47. The summed E-state index contributed by atoms with van der Waals surface area (Å²) in [6.07, 6.45) is -0.222. The number of aromatic nitrogens is 10. The van der Waals surface area contributed by atoms with E-state index >= 15 is 0 Å². The first-order valence-electron chi connectivity index (χ1n) is 36.4. The number of alkyl halides is 8. The normalized spacial score (nSPS) is 18.0. The maximum Gasteiger partial charge on any atom is 0.413 e. The second kappa shape index (κ2) is 35.7. The minimum Gasteiger partial charge on any atom is -0.444 e. The topological polar surface area (TPSA) is 476 Å². The molecule has 33 nitrogen and oxygen atoms in total. The standard InChI is InChI=1S/C22H26F2N6O4.C17H18F2N6O2.C13H13BrF2N2O2.C9H14N4O2.C7H7BrN2O2.C6H8F2O.ClH/c1-12-9-13(27-14-10-15(26-11-25-14)28-19(33)34-20(2,3)4)18(32)30-16(12)17(31)29-22(30)7-5-21(23,24)6-8-22;1-9-6-10(23-12-7-11(20)21-8-22-12)15(27)25-13(9)14(26)24-17(25)4-2-16(18,19)3-5-17;1-7-6-8(14)11(20)18-9(7)10(19)17-13(18)4-2-12(15,16)3-5-13;1-9(2,3)15-8(14)13-7-4-6(10)11-5-12-7;1-3-2-4(8)7(12)10-5(3)6(9)11;7-6(8)3-1-5(9)2-4-6;/h9-11H,5-8H2,1-4H3,(H,29,31)(H2,25,26,27,28,33);6-8H,2-5H2,1H3,(H,24,26)(H3,20,21,22,23);6H,2-5H2,1H3,(H,17,19);4-5H,1-3H3,(H3,10,11,12,13,14);2H,1H3,(H2,9,11)(H,10,12);1-4H2;1H. The van der Waals surface area contributed by atoms with Gasteiger partial charge in [-0.05, 0) is 186 Å². The number of H-pyrrole nitrogens is 1. The lowest BCUT2D eigenvalue weighted by molar-refractivity contribution is -0.128.